The van der Waals surface area contributed by atoms with Crippen LogP contribution in [0.15, 0.2) is 0 Å². The smallest absolute Gasteiger partial charge is 0.332 e. The first kappa shape index (κ1) is 12.0. The van der Waals surface area contributed by atoms with Gasteiger partial charge in [-0.05, 0) is 18.8 Å². The highest BCUT2D eigenvalue weighted by Gasteiger charge is 2.23. The van der Waals surface area contributed by atoms with E-state index in [4.69, 9.17) is 4.84 Å². The zero-order valence-electron chi connectivity index (χ0n) is 9.49. The van der Waals surface area contributed by atoms with Gasteiger partial charge in [-0.1, -0.05) is 20.3 Å². The van der Waals surface area contributed by atoms with Crippen molar-refractivity contribution in [3.8, 4) is 0 Å². The number of amides is 1. The van der Waals surface area contributed by atoms with Crippen LogP contribution in [0.3, 0.4) is 0 Å². The first-order valence-corrected chi connectivity index (χ1v) is 5.60. The molecule has 4 heteroatoms. The summed E-state index contributed by atoms with van der Waals surface area (Å²) >= 11 is 0. The van der Waals surface area contributed by atoms with Crippen molar-refractivity contribution in [1.82, 2.24) is 5.06 Å². The fraction of sp³-hybridized carbons (Fsp3) is 0.818. The van der Waals surface area contributed by atoms with Gasteiger partial charge in [-0.25, -0.2) is 4.79 Å². The van der Waals surface area contributed by atoms with Gasteiger partial charge >= 0.3 is 5.97 Å². The Morgan fingerprint density at radius 1 is 1.53 bits per heavy atom. The van der Waals surface area contributed by atoms with Gasteiger partial charge in [0.2, 0.25) is 0 Å². The van der Waals surface area contributed by atoms with E-state index >= 15 is 0 Å². The van der Waals surface area contributed by atoms with Crippen molar-refractivity contribution >= 4 is 11.9 Å². The first-order valence-electron chi connectivity index (χ1n) is 5.60. The molecule has 1 aliphatic heterocycles. The second-order valence-electron chi connectivity index (χ2n) is 4.35. The van der Waals surface area contributed by atoms with Crippen LogP contribution in [0.4, 0.5) is 0 Å². The van der Waals surface area contributed by atoms with Gasteiger partial charge < -0.3 is 4.84 Å². The molecule has 0 spiro atoms. The van der Waals surface area contributed by atoms with E-state index in [2.05, 4.69) is 13.8 Å². The Morgan fingerprint density at radius 3 is 2.80 bits per heavy atom. The van der Waals surface area contributed by atoms with Crippen molar-refractivity contribution in [2.24, 2.45) is 5.92 Å². The van der Waals surface area contributed by atoms with Crippen LogP contribution in [0.25, 0.3) is 0 Å². The van der Waals surface area contributed by atoms with Crippen molar-refractivity contribution in [3.63, 3.8) is 0 Å². The Morgan fingerprint density at radius 2 is 2.27 bits per heavy atom. The number of hydrogen-bond donors (Lipinski definition) is 0. The molecule has 0 N–H and O–H groups in total. The Bertz CT molecular complexity index is 238. The molecule has 15 heavy (non-hydrogen) atoms. The molecule has 0 saturated carbocycles. The van der Waals surface area contributed by atoms with Gasteiger partial charge in [0.1, 0.15) is 0 Å². The molecule has 0 unspecified atom stereocenters. The van der Waals surface area contributed by atoms with E-state index in [0.29, 0.717) is 25.3 Å². The third kappa shape index (κ3) is 4.32. The predicted octanol–water partition coefficient (Wildman–Crippen LogP) is 1.89. The van der Waals surface area contributed by atoms with E-state index < -0.39 is 0 Å². The summed E-state index contributed by atoms with van der Waals surface area (Å²) in [7, 11) is 0. The molecule has 1 saturated heterocycles. The minimum atomic E-state index is -0.286. The van der Waals surface area contributed by atoms with Crippen molar-refractivity contribution in [2.45, 2.75) is 46.0 Å². The van der Waals surface area contributed by atoms with E-state index in [1.165, 1.54) is 5.06 Å². The van der Waals surface area contributed by atoms with Crippen molar-refractivity contribution in [2.75, 3.05) is 6.54 Å². The lowest BCUT2D eigenvalue weighted by Crippen LogP contribution is -2.28. The van der Waals surface area contributed by atoms with Crippen molar-refractivity contribution < 1.29 is 14.4 Å². The number of carbonyl (C=O) groups excluding carboxylic acids is 2. The number of hydrogen-bond acceptors (Lipinski definition) is 3. The lowest BCUT2D eigenvalue weighted by molar-refractivity contribution is -0.193. The Hall–Kier alpha value is -1.06. The van der Waals surface area contributed by atoms with Gasteiger partial charge in [-0.3, -0.25) is 4.79 Å². The summed E-state index contributed by atoms with van der Waals surface area (Å²) < 4.78 is 0. The Balaban J connectivity index is 2.15. The summed E-state index contributed by atoms with van der Waals surface area (Å²) in [5, 5.41) is 1.19. The van der Waals surface area contributed by atoms with Gasteiger partial charge in [0, 0.05) is 12.8 Å². The topological polar surface area (TPSA) is 46.6 Å². The summed E-state index contributed by atoms with van der Waals surface area (Å²) in [6, 6.07) is 0. The zero-order chi connectivity index (χ0) is 11.3. The molecule has 86 valence electrons. The Labute approximate surface area is 90.5 Å². The van der Waals surface area contributed by atoms with Gasteiger partial charge in [0.15, 0.2) is 0 Å². The minimum absolute atomic E-state index is 0.0767. The van der Waals surface area contributed by atoms with Crippen LogP contribution < -0.4 is 0 Å². The van der Waals surface area contributed by atoms with Crippen LogP contribution in [0, 0.1) is 5.92 Å². The molecule has 1 amide bonds. The number of nitrogens with zero attached hydrogens (tertiary/aromatic N) is 1. The highest BCUT2D eigenvalue weighted by atomic mass is 16.7. The molecule has 0 bridgehead atoms. The number of carbonyl (C=O) groups is 2. The van der Waals surface area contributed by atoms with Gasteiger partial charge in [0.05, 0.1) is 6.54 Å². The molecule has 0 radical (unpaired) electrons. The van der Waals surface area contributed by atoms with Gasteiger partial charge in [0.25, 0.3) is 5.91 Å². The number of hydroxylamine groups is 2. The maximum Gasteiger partial charge on any atom is 0.332 e. The highest BCUT2D eigenvalue weighted by Crippen LogP contribution is 2.12. The maximum absolute atomic E-state index is 11.3. The summed E-state index contributed by atoms with van der Waals surface area (Å²) in [6.07, 6.45) is 3.54. The molecule has 4 nitrogen and oxygen atoms in total. The van der Waals surface area contributed by atoms with Gasteiger partial charge in [-0.15, -0.1) is 0 Å². The van der Waals surface area contributed by atoms with E-state index in [-0.39, 0.29) is 11.9 Å². The van der Waals surface area contributed by atoms with E-state index in [1.54, 1.807) is 0 Å². The molecular formula is C11H19NO3. The highest BCUT2D eigenvalue weighted by molar-refractivity contribution is 5.79. The van der Waals surface area contributed by atoms with Crippen LogP contribution >= 0.6 is 0 Å². The van der Waals surface area contributed by atoms with Crippen LogP contribution in [0.5, 0.6) is 0 Å². The molecule has 1 aliphatic rings. The number of rotatable bonds is 5. The summed E-state index contributed by atoms with van der Waals surface area (Å²) in [4.78, 5) is 27.4. The average molecular weight is 213 g/mol. The summed E-state index contributed by atoms with van der Waals surface area (Å²) in [5.74, 6) is 0.240. The summed E-state index contributed by atoms with van der Waals surface area (Å²) in [6.45, 7) is 4.79. The molecule has 0 atom stereocenters. The van der Waals surface area contributed by atoms with E-state index in [9.17, 15) is 9.59 Å². The molecule has 0 aromatic heterocycles. The quantitative estimate of drug-likeness (QED) is 0.700. The second-order valence-corrected chi connectivity index (χ2v) is 4.35. The lowest BCUT2D eigenvalue weighted by atomic mass is 10.1. The van der Waals surface area contributed by atoms with Crippen molar-refractivity contribution in [1.29, 1.82) is 0 Å². The minimum Gasteiger partial charge on any atom is -0.338 e. The molecular weight excluding hydrogens is 194 g/mol. The molecule has 1 heterocycles. The Kier molecular flexibility index (Phi) is 4.59. The monoisotopic (exact) mass is 213 g/mol. The van der Waals surface area contributed by atoms with E-state index in [1.807, 2.05) is 0 Å². The standard InChI is InChI=1S/C11H19NO3/c1-9(2)5-3-7-11(14)15-12-8-4-6-10(12)13/h9H,3-8H2,1-2H3. The van der Waals surface area contributed by atoms with Crippen molar-refractivity contribution in [3.05, 3.63) is 0 Å². The van der Waals surface area contributed by atoms with Crippen LogP contribution in [0.1, 0.15) is 46.0 Å². The fourth-order valence-corrected chi connectivity index (χ4v) is 1.54. The molecule has 1 rings (SSSR count). The van der Waals surface area contributed by atoms with Gasteiger partial charge in [-0.2, -0.15) is 5.06 Å². The molecule has 0 aromatic rings. The average Bonchev–Trinajstić information content (AvgIpc) is 2.51. The second kappa shape index (κ2) is 5.73. The third-order valence-corrected chi connectivity index (χ3v) is 2.40. The largest absolute Gasteiger partial charge is 0.338 e. The molecule has 0 aromatic carbocycles. The summed E-state index contributed by atoms with van der Waals surface area (Å²) in [5.41, 5.74) is 0. The predicted molar refractivity (Wildman–Crippen MR) is 55.7 cm³/mol. The molecule has 1 fully saturated rings. The van der Waals surface area contributed by atoms with Crippen LogP contribution in [-0.4, -0.2) is 23.5 Å². The first-order chi connectivity index (χ1) is 7.09. The zero-order valence-corrected chi connectivity index (χ0v) is 9.49. The van der Waals surface area contributed by atoms with Crippen LogP contribution in [0.2, 0.25) is 0 Å². The fourth-order valence-electron chi connectivity index (χ4n) is 1.54. The SMILES string of the molecule is CC(C)CCCC(=O)ON1CCCC1=O. The third-order valence-electron chi connectivity index (χ3n) is 2.40. The molecule has 0 aliphatic carbocycles. The lowest BCUT2D eigenvalue weighted by Gasteiger charge is -2.14. The normalized spacial score (nSPS) is 16.2. The van der Waals surface area contributed by atoms with Crippen LogP contribution in [-0.2, 0) is 14.4 Å². The van der Waals surface area contributed by atoms with E-state index in [0.717, 1.165) is 19.3 Å². The maximum atomic E-state index is 11.3.